The summed E-state index contributed by atoms with van der Waals surface area (Å²) in [5.41, 5.74) is -0.195. The summed E-state index contributed by atoms with van der Waals surface area (Å²) in [5, 5.41) is 12.0. The van der Waals surface area contributed by atoms with Crippen LogP contribution in [0.2, 0.25) is 0 Å². The van der Waals surface area contributed by atoms with Crippen molar-refractivity contribution in [2.45, 2.75) is 38.1 Å². The van der Waals surface area contributed by atoms with Gasteiger partial charge in [-0.15, -0.1) is 0 Å². The molecule has 1 fully saturated rings. The van der Waals surface area contributed by atoms with Crippen LogP contribution >= 0.6 is 0 Å². The van der Waals surface area contributed by atoms with Gasteiger partial charge in [0.25, 0.3) is 5.91 Å². The molecular weight excluding hydrogens is 268 g/mol. The highest BCUT2D eigenvalue weighted by Gasteiger charge is 2.35. The van der Waals surface area contributed by atoms with E-state index >= 15 is 0 Å². The van der Waals surface area contributed by atoms with Crippen molar-refractivity contribution in [1.82, 2.24) is 5.32 Å². The van der Waals surface area contributed by atoms with Crippen LogP contribution in [0.25, 0.3) is 0 Å². The fraction of sp³-hybridized carbons (Fsp3) is 0.438. The number of amides is 1. The fourth-order valence-corrected chi connectivity index (χ4v) is 2.50. The minimum atomic E-state index is -0.734. The first kappa shape index (κ1) is 15.0. The van der Waals surface area contributed by atoms with Crippen molar-refractivity contribution < 1.29 is 14.3 Å². The Hall–Kier alpha value is -2.35. The molecule has 0 unspecified atom stereocenters. The molecule has 5 nitrogen and oxygen atoms in total. The highest BCUT2D eigenvalue weighted by Crippen LogP contribution is 2.28. The molecule has 1 aromatic carbocycles. The van der Waals surface area contributed by atoms with Crippen LogP contribution in [0.1, 0.15) is 43.0 Å². The number of nitriles is 1. The third kappa shape index (κ3) is 3.82. The molecule has 1 saturated carbocycles. The highest BCUT2D eigenvalue weighted by molar-refractivity contribution is 5.94. The minimum Gasteiger partial charge on any atom is -0.484 e. The molecule has 0 saturated heterocycles. The van der Waals surface area contributed by atoms with Gasteiger partial charge in [0.05, 0.1) is 6.07 Å². The summed E-state index contributed by atoms with van der Waals surface area (Å²) >= 11 is 0. The van der Waals surface area contributed by atoms with E-state index in [1.807, 2.05) is 0 Å². The van der Waals surface area contributed by atoms with E-state index in [0.29, 0.717) is 24.2 Å². The quantitative estimate of drug-likeness (QED) is 0.842. The first-order valence-electron chi connectivity index (χ1n) is 7.01. The Morgan fingerprint density at radius 3 is 2.71 bits per heavy atom. The number of carbonyl (C=O) groups is 2. The minimum absolute atomic E-state index is 0.0562. The van der Waals surface area contributed by atoms with Crippen LogP contribution in [0.5, 0.6) is 5.75 Å². The maximum absolute atomic E-state index is 11.9. The van der Waals surface area contributed by atoms with Crippen LogP contribution < -0.4 is 10.1 Å². The van der Waals surface area contributed by atoms with Crippen molar-refractivity contribution in [2.24, 2.45) is 0 Å². The largest absolute Gasteiger partial charge is 0.484 e. The SMILES string of the molecule is CC(=O)c1cccc(OCC(=O)NC2(C#N)CCCC2)c1. The normalized spacial score (nSPS) is 16.0. The Balaban J connectivity index is 1.91. The third-order valence-electron chi connectivity index (χ3n) is 3.66. The topological polar surface area (TPSA) is 79.2 Å². The molecule has 0 heterocycles. The summed E-state index contributed by atoms with van der Waals surface area (Å²) in [4.78, 5) is 23.2. The van der Waals surface area contributed by atoms with Crippen LogP contribution in [0.3, 0.4) is 0 Å². The second kappa shape index (κ2) is 6.40. The number of hydrogen-bond acceptors (Lipinski definition) is 4. The summed E-state index contributed by atoms with van der Waals surface area (Å²) in [5.74, 6) is 0.0984. The molecule has 110 valence electrons. The molecule has 0 aliphatic heterocycles. The van der Waals surface area contributed by atoms with E-state index in [9.17, 15) is 14.9 Å². The molecule has 0 spiro atoms. The number of nitrogens with one attached hydrogen (secondary N) is 1. The second-order valence-electron chi connectivity index (χ2n) is 5.32. The number of benzene rings is 1. The van der Waals surface area contributed by atoms with Gasteiger partial charge in [-0.1, -0.05) is 12.1 Å². The van der Waals surface area contributed by atoms with Crippen LogP contribution in [-0.4, -0.2) is 23.8 Å². The molecule has 1 N–H and O–H groups in total. The molecule has 5 heteroatoms. The van der Waals surface area contributed by atoms with Gasteiger partial charge >= 0.3 is 0 Å². The van der Waals surface area contributed by atoms with E-state index < -0.39 is 5.54 Å². The maximum Gasteiger partial charge on any atom is 0.259 e. The predicted octanol–water partition coefficient (Wildman–Crippen LogP) is 2.22. The number of hydrogen-bond donors (Lipinski definition) is 1. The molecular formula is C16H18N2O3. The average Bonchev–Trinajstić information content (AvgIpc) is 2.94. The van der Waals surface area contributed by atoms with Gasteiger partial charge in [-0.2, -0.15) is 5.26 Å². The lowest BCUT2D eigenvalue weighted by Crippen LogP contribution is -2.47. The number of rotatable bonds is 5. The molecule has 1 aliphatic carbocycles. The summed E-state index contributed by atoms with van der Waals surface area (Å²) < 4.78 is 5.38. The number of ketones is 1. The number of ether oxygens (including phenoxy) is 1. The lowest BCUT2D eigenvalue weighted by molar-refractivity contribution is -0.124. The Kier molecular flexibility index (Phi) is 4.59. The van der Waals surface area contributed by atoms with Gasteiger partial charge in [0, 0.05) is 5.56 Å². The highest BCUT2D eigenvalue weighted by atomic mass is 16.5. The zero-order valence-electron chi connectivity index (χ0n) is 12.0. The van der Waals surface area contributed by atoms with Crippen molar-refractivity contribution in [3.8, 4) is 11.8 Å². The smallest absolute Gasteiger partial charge is 0.259 e. The lowest BCUT2D eigenvalue weighted by Gasteiger charge is -2.21. The fourth-order valence-electron chi connectivity index (χ4n) is 2.50. The summed E-state index contributed by atoms with van der Waals surface area (Å²) in [7, 11) is 0. The van der Waals surface area contributed by atoms with E-state index in [1.54, 1.807) is 24.3 Å². The summed E-state index contributed by atoms with van der Waals surface area (Å²) in [6, 6.07) is 8.89. The van der Waals surface area contributed by atoms with Gasteiger partial charge < -0.3 is 10.1 Å². The van der Waals surface area contributed by atoms with E-state index in [4.69, 9.17) is 4.74 Å². The van der Waals surface area contributed by atoms with Crippen molar-refractivity contribution in [2.75, 3.05) is 6.61 Å². The molecule has 0 aromatic heterocycles. The average molecular weight is 286 g/mol. The number of nitrogens with zero attached hydrogens (tertiary/aromatic N) is 1. The van der Waals surface area contributed by atoms with E-state index in [1.165, 1.54) is 6.92 Å². The number of Topliss-reactive ketones (excluding diaryl/α,β-unsaturated/α-hetero) is 1. The summed E-state index contributed by atoms with van der Waals surface area (Å²) in [6.07, 6.45) is 3.29. The maximum atomic E-state index is 11.9. The Morgan fingerprint density at radius 1 is 1.38 bits per heavy atom. The first-order chi connectivity index (χ1) is 10.0. The van der Waals surface area contributed by atoms with Crippen LogP contribution in [-0.2, 0) is 4.79 Å². The van der Waals surface area contributed by atoms with Gasteiger partial charge in [-0.05, 0) is 44.7 Å². The Labute approximate surface area is 123 Å². The van der Waals surface area contributed by atoms with E-state index in [2.05, 4.69) is 11.4 Å². The van der Waals surface area contributed by atoms with Gasteiger partial charge in [-0.25, -0.2) is 0 Å². The molecule has 1 aliphatic rings. The van der Waals surface area contributed by atoms with Gasteiger partial charge in [0.2, 0.25) is 0 Å². The standard InChI is InChI=1S/C16H18N2O3/c1-12(19)13-5-4-6-14(9-13)21-10-15(20)18-16(11-17)7-2-3-8-16/h4-6,9H,2-3,7-8,10H2,1H3,(H,18,20). The molecule has 1 amide bonds. The van der Waals surface area contributed by atoms with Crippen molar-refractivity contribution in [3.63, 3.8) is 0 Å². The van der Waals surface area contributed by atoms with Gasteiger partial charge in [0.15, 0.2) is 12.4 Å². The van der Waals surface area contributed by atoms with E-state index in [-0.39, 0.29) is 18.3 Å². The predicted molar refractivity (Wildman–Crippen MR) is 76.9 cm³/mol. The van der Waals surface area contributed by atoms with Gasteiger partial charge in [0.1, 0.15) is 11.3 Å². The van der Waals surface area contributed by atoms with Crippen molar-refractivity contribution in [1.29, 1.82) is 5.26 Å². The first-order valence-corrected chi connectivity index (χ1v) is 7.01. The van der Waals surface area contributed by atoms with Crippen molar-refractivity contribution in [3.05, 3.63) is 29.8 Å². The zero-order valence-corrected chi connectivity index (χ0v) is 12.0. The lowest BCUT2D eigenvalue weighted by atomic mass is 10.00. The summed E-state index contributed by atoms with van der Waals surface area (Å²) in [6.45, 7) is 1.31. The molecule has 0 atom stereocenters. The monoisotopic (exact) mass is 286 g/mol. The second-order valence-corrected chi connectivity index (χ2v) is 5.32. The van der Waals surface area contributed by atoms with Gasteiger partial charge in [-0.3, -0.25) is 9.59 Å². The molecule has 2 rings (SSSR count). The molecule has 0 radical (unpaired) electrons. The Morgan fingerprint density at radius 2 is 2.10 bits per heavy atom. The van der Waals surface area contributed by atoms with E-state index in [0.717, 1.165) is 12.8 Å². The van der Waals surface area contributed by atoms with Crippen LogP contribution in [0.4, 0.5) is 0 Å². The molecule has 21 heavy (non-hydrogen) atoms. The molecule has 0 bridgehead atoms. The zero-order chi connectivity index (χ0) is 15.3. The van der Waals surface area contributed by atoms with Crippen molar-refractivity contribution >= 4 is 11.7 Å². The Bertz CT molecular complexity index is 583. The van der Waals surface area contributed by atoms with Crippen LogP contribution in [0, 0.1) is 11.3 Å². The molecule has 1 aromatic rings. The van der Waals surface area contributed by atoms with Crippen LogP contribution in [0.15, 0.2) is 24.3 Å². The number of carbonyl (C=O) groups excluding carboxylic acids is 2. The third-order valence-corrected chi connectivity index (χ3v) is 3.66.